The Labute approximate surface area is 135 Å². The number of nitrogens with zero attached hydrogens (tertiary/aromatic N) is 2. The molecule has 0 aromatic carbocycles. The Morgan fingerprint density at radius 1 is 1.35 bits per heavy atom. The van der Waals surface area contributed by atoms with Crippen LogP contribution in [0.25, 0.3) is 6.08 Å². The van der Waals surface area contributed by atoms with Gasteiger partial charge in [-0.3, -0.25) is 9.59 Å². The third-order valence-electron chi connectivity index (χ3n) is 4.91. The average molecular weight is 309 g/mol. The summed E-state index contributed by atoms with van der Waals surface area (Å²) in [5.74, 6) is 1.88. The normalized spacial score (nSPS) is 25.6. The van der Waals surface area contributed by atoms with Crippen molar-refractivity contribution in [2.24, 2.45) is 11.8 Å². The summed E-state index contributed by atoms with van der Waals surface area (Å²) in [6.45, 7) is 1.69. The molecule has 3 heterocycles. The van der Waals surface area contributed by atoms with Gasteiger partial charge in [-0.25, -0.2) is 4.98 Å². The first-order chi connectivity index (χ1) is 11.2. The zero-order chi connectivity index (χ0) is 15.8. The molecular weight excluding hydrogens is 290 g/mol. The summed E-state index contributed by atoms with van der Waals surface area (Å²) >= 11 is 0. The number of aromatic nitrogens is 1. The quantitative estimate of drug-likeness (QED) is 0.671. The van der Waals surface area contributed by atoms with Crippen molar-refractivity contribution in [3.63, 3.8) is 0 Å². The maximum absolute atomic E-state index is 12.3. The molecule has 1 aliphatic carbocycles. The maximum Gasteiger partial charge on any atom is 0.246 e. The summed E-state index contributed by atoms with van der Waals surface area (Å²) in [6, 6.07) is 1.99. The summed E-state index contributed by atoms with van der Waals surface area (Å²) in [5, 5.41) is 2.76. The molecule has 118 valence electrons. The number of anilines is 1. The highest BCUT2D eigenvalue weighted by Gasteiger charge is 2.34. The van der Waals surface area contributed by atoms with E-state index in [1.807, 2.05) is 17.0 Å². The van der Waals surface area contributed by atoms with Gasteiger partial charge in [-0.2, -0.15) is 0 Å². The number of hydrogen-bond acceptors (Lipinski definition) is 3. The van der Waals surface area contributed by atoms with E-state index in [9.17, 15) is 9.59 Å². The molecule has 0 saturated carbocycles. The van der Waals surface area contributed by atoms with Crippen LogP contribution >= 0.6 is 0 Å². The van der Waals surface area contributed by atoms with Crippen LogP contribution in [0.5, 0.6) is 0 Å². The van der Waals surface area contributed by atoms with Crippen molar-refractivity contribution in [1.29, 1.82) is 0 Å². The largest absolute Gasteiger partial charge is 0.338 e. The lowest BCUT2D eigenvalue weighted by Gasteiger charge is -2.16. The van der Waals surface area contributed by atoms with Gasteiger partial charge < -0.3 is 10.2 Å². The summed E-state index contributed by atoms with van der Waals surface area (Å²) in [6.07, 6.45) is 11.9. The lowest BCUT2D eigenvalue weighted by molar-refractivity contribution is -0.125. The molecule has 0 spiro atoms. The van der Waals surface area contributed by atoms with Crippen LogP contribution < -0.4 is 5.32 Å². The van der Waals surface area contributed by atoms with Gasteiger partial charge in [-0.05, 0) is 47.9 Å². The number of nitrogens with one attached hydrogen (secondary N) is 1. The van der Waals surface area contributed by atoms with Gasteiger partial charge in [0.1, 0.15) is 5.82 Å². The van der Waals surface area contributed by atoms with Crippen LogP contribution in [0, 0.1) is 11.8 Å². The zero-order valence-corrected chi connectivity index (χ0v) is 12.9. The Balaban J connectivity index is 1.43. The molecule has 23 heavy (non-hydrogen) atoms. The molecule has 0 bridgehead atoms. The fourth-order valence-electron chi connectivity index (χ4n) is 3.61. The SMILES string of the molecule is O=C1CCc2cc(C=CC(=O)N3CC4C=CCC4C3)cnc2N1. The van der Waals surface area contributed by atoms with Crippen molar-refractivity contribution in [1.82, 2.24) is 9.88 Å². The smallest absolute Gasteiger partial charge is 0.246 e. The van der Waals surface area contributed by atoms with Gasteiger partial charge in [-0.15, -0.1) is 0 Å². The van der Waals surface area contributed by atoms with Gasteiger partial charge in [0.2, 0.25) is 11.8 Å². The van der Waals surface area contributed by atoms with Crippen molar-refractivity contribution in [3.8, 4) is 0 Å². The van der Waals surface area contributed by atoms with Crippen molar-refractivity contribution in [3.05, 3.63) is 41.6 Å². The molecule has 1 saturated heterocycles. The molecule has 4 rings (SSSR count). The van der Waals surface area contributed by atoms with Gasteiger partial charge in [0.25, 0.3) is 0 Å². The first-order valence-electron chi connectivity index (χ1n) is 8.11. The van der Waals surface area contributed by atoms with E-state index in [-0.39, 0.29) is 11.8 Å². The summed E-state index contributed by atoms with van der Waals surface area (Å²) < 4.78 is 0. The molecule has 2 aliphatic heterocycles. The Bertz CT molecular complexity index is 723. The lowest BCUT2D eigenvalue weighted by atomic mass is 10.0. The molecule has 1 aromatic rings. The minimum atomic E-state index is 0.0112. The molecule has 2 atom stereocenters. The number of amides is 2. The van der Waals surface area contributed by atoms with E-state index >= 15 is 0 Å². The Morgan fingerprint density at radius 3 is 3.13 bits per heavy atom. The number of rotatable bonds is 2. The zero-order valence-electron chi connectivity index (χ0n) is 12.9. The van der Waals surface area contributed by atoms with E-state index in [1.54, 1.807) is 12.3 Å². The lowest BCUT2D eigenvalue weighted by Crippen LogP contribution is -2.27. The van der Waals surface area contributed by atoms with E-state index in [0.717, 1.165) is 30.6 Å². The van der Waals surface area contributed by atoms with Crippen LogP contribution in [0.2, 0.25) is 0 Å². The minimum absolute atomic E-state index is 0.0112. The molecular formula is C18H19N3O2. The average Bonchev–Trinajstić information content (AvgIpc) is 3.14. The molecule has 2 amide bonds. The van der Waals surface area contributed by atoms with Gasteiger partial charge >= 0.3 is 0 Å². The van der Waals surface area contributed by atoms with Crippen molar-refractivity contribution in [2.75, 3.05) is 18.4 Å². The Morgan fingerprint density at radius 2 is 2.26 bits per heavy atom. The number of likely N-dealkylation sites (tertiary alicyclic amines) is 1. The van der Waals surface area contributed by atoms with Crippen LogP contribution in [-0.4, -0.2) is 34.8 Å². The predicted octanol–water partition coefficient (Wildman–Crippen LogP) is 2.01. The molecule has 0 radical (unpaired) electrons. The van der Waals surface area contributed by atoms with Crippen LogP contribution in [-0.2, 0) is 16.0 Å². The van der Waals surface area contributed by atoms with Crippen LogP contribution in [0.1, 0.15) is 24.0 Å². The highest BCUT2D eigenvalue weighted by molar-refractivity contribution is 5.94. The van der Waals surface area contributed by atoms with Crippen molar-refractivity contribution < 1.29 is 9.59 Å². The summed E-state index contributed by atoms with van der Waals surface area (Å²) in [7, 11) is 0. The molecule has 1 N–H and O–H groups in total. The second kappa shape index (κ2) is 5.65. The number of carbonyl (C=O) groups excluding carboxylic acids is 2. The van der Waals surface area contributed by atoms with E-state index in [1.165, 1.54) is 0 Å². The van der Waals surface area contributed by atoms with Gasteiger partial charge in [0.05, 0.1) is 0 Å². The monoisotopic (exact) mass is 309 g/mol. The first kappa shape index (κ1) is 14.2. The number of fused-ring (bicyclic) bond motifs is 2. The predicted molar refractivity (Wildman–Crippen MR) is 87.5 cm³/mol. The Kier molecular flexibility index (Phi) is 3.48. The third-order valence-corrected chi connectivity index (χ3v) is 4.91. The van der Waals surface area contributed by atoms with E-state index in [2.05, 4.69) is 22.5 Å². The second-order valence-electron chi connectivity index (χ2n) is 6.49. The van der Waals surface area contributed by atoms with E-state index in [0.29, 0.717) is 30.5 Å². The number of aryl methyl sites for hydroxylation is 1. The van der Waals surface area contributed by atoms with Gasteiger partial charge in [-0.1, -0.05) is 12.2 Å². The number of hydrogen-bond donors (Lipinski definition) is 1. The highest BCUT2D eigenvalue weighted by atomic mass is 16.2. The minimum Gasteiger partial charge on any atom is -0.338 e. The van der Waals surface area contributed by atoms with Gasteiger partial charge in [0, 0.05) is 31.8 Å². The Hall–Kier alpha value is -2.43. The second-order valence-corrected chi connectivity index (χ2v) is 6.49. The molecule has 2 unspecified atom stereocenters. The molecule has 1 fully saturated rings. The van der Waals surface area contributed by atoms with Crippen LogP contribution in [0.15, 0.2) is 30.5 Å². The topological polar surface area (TPSA) is 62.3 Å². The number of allylic oxidation sites excluding steroid dienone is 1. The molecule has 3 aliphatic rings. The molecule has 5 nitrogen and oxygen atoms in total. The van der Waals surface area contributed by atoms with Crippen LogP contribution in [0.3, 0.4) is 0 Å². The van der Waals surface area contributed by atoms with Crippen LogP contribution in [0.4, 0.5) is 5.82 Å². The summed E-state index contributed by atoms with van der Waals surface area (Å²) in [5.41, 5.74) is 1.92. The fourth-order valence-corrected chi connectivity index (χ4v) is 3.61. The van der Waals surface area contributed by atoms with Crippen molar-refractivity contribution in [2.45, 2.75) is 19.3 Å². The highest BCUT2D eigenvalue weighted by Crippen LogP contribution is 2.32. The third kappa shape index (κ3) is 2.79. The fraction of sp³-hybridized carbons (Fsp3) is 0.389. The van der Waals surface area contributed by atoms with E-state index < -0.39 is 0 Å². The summed E-state index contributed by atoms with van der Waals surface area (Å²) in [4.78, 5) is 29.9. The molecule has 5 heteroatoms. The number of carbonyl (C=O) groups is 2. The van der Waals surface area contributed by atoms with Crippen molar-refractivity contribution >= 4 is 23.7 Å². The standard InChI is InChI=1S/C18H19N3O2/c22-16-6-5-13-8-12(9-19-18(13)20-16)4-7-17(23)21-10-14-2-1-3-15(14)11-21/h1-2,4,7-9,14-15H,3,5-6,10-11H2,(H,19,20,22). The first-order valence-corrected chi connectivity index (χ1v) is 8.11. The van der Waals surface area contributed by atoms with Gasteiger partial charge in [0.15, 0.2) is 0 Å². The van der Waals surface area contributed by atoms with E-state index in [4.69, 9.17) is 0 Å². The maximum atomic E-state index is 12.3. The molecule has 1 aromatic heterocycles. The number of pyridine rings is 1.